The minimum Gasteiger partial charge on any atom is -0.267 e. The molecule has 1 atom stereocenters. The van der Waals surface area contributed by atoms with Crippen LogP contribution in [0.4, 0.5) is 0 Å². The Bertz CT molecular complexity index is 1210. The van der Waals surface area contributed by atoms with Crippen molar-refractivity contribution in [3.63, 3.8) is 0 Å². The van der Waals surface area contributed by atoms with Crippen molar-refractivity contribution in [2.75, 3.05) is 0 Å². The van der Waals surface area contributed by atoms with Crippen molar-refractivity contribution in [2.45, 2.75) is 40.3 Å². The van der Waals surface area contributed by atoms with Crippen molar-refractivity contribution in [1.29, 1.82) is 0 Å². The lowest BCUT2D eigenvalue weighted by Gasteiger charge is -2.14. The number of hydrogen-bond acceptors (Lipinski definition) is 4. The molecule has 150 valence electrons. The summed E-state index contributed by atoms with van der Waals surface area (Å²) < 4.78 is 7.30. The van der Waals surface area contributed by atoms with Crippen molar-refractivity contribution in [3.8, 4) is 5.69 Å². The summed E-state index contributed by atoms with van der Waals surface area (Å²) in [5, 5.41) is 16.6. The number of benzene rings is 1. The standard InChI is InChI=1S/C20H22BrN7S/c1-12-5-7-16(8-6-12)10-27-14(3)18(13(2)25-27)28-19(23-24-20(28)29)15(4)26-11-17(21)9-22-26/h5-9,11,15H,10H2,1-4H3,(H,24,29). The Balaban J connectivity index is 1.76. The van der Waals surface area contributed by atoms with Crippen LogP contribution in [-0.2, 0) is 6.54 Å². The molecule has 0 amide bonds. The van der Waals surface area contributed by atoms with Gasteiger partial charge in [-0.2, -0.15) is 15.3 Å². The van der Waals surface area contributed by atoms with Gasteiger partial charge < -0.3 is 0 Å². The van der Waals surface area contributed by atoms with Crippen LogP contribution in [0.25, 0.3) is 5.69 Å². The van der Waals surface area contributed by atoms with Gasteiger partial charge in [0.15, 0.2) is 10.6 Å². The normalized spacial score (nSPS) is 12.4. The Hall–Kier alpha value is -2.52. The van der Waals surface area contributed by atoms with Crippen LogP contribution < -0.4 is 0 Å². The molecule has 7 nitrogen and oxygen atoms in total. The Morgan fingerprint density at radius 1 is 1.17 bits per heavy atom. The van der Waals surface area contributed by atoms with E-state index in [9.17, 15) is 0 Å². The number of rotatable bonds is 5. The number of hydrogen-bond donors (Lipinski definition) is 1. The van der Waals surface area contributed by atoms with E-state index in [1.807, 2.05) is 34.0 Å². The SMILES string of the molecule is Cc1ccc(Cn2nc(C)c(-n3c(C(C)n4cc(Br)cn4)n[nH]c3=S)c2C)cc1. The first kappa shape index (κ1) is 19.8. The summed E-state index contributed by atoms with van der Waals surface area (Å²) in [6.45, 7) is 8.91. The van der Waals surface area contributed by atoms with Crippen LogP contribution >= 0.6 is 28.1 Å². The monoisotopic (exact) mass is 471 g/mol. The van der Waals surface area contributed by atoms with Crippen LogP contribution in [0.2, 0.25) is 0 Å². The Morgan fingerprint density at radius 2 is 1.90 bits per heavy atom. The molecule has 1 aromatic carbocycles. The van der Waals surface area contributed by atoms with Gasteiger partial charge >= 0.3 is 0 Å². The highest BCUT2D eigenvalue weighted by Crippen LogP contribution is 2.26. The summed E-state index contributed by atoms with van der Waals surface area (Å²) in [5.74, 6) is 0.784. The minimum absolute atomic E-state index is 0.103. The third-order valence-electron chi connectivity index (χ3n) is 5.06. The first-order valence-corrected chi connectivity index (χ1v) is 10.5. The van der Waals surface area contributed by atoms with E-state index in [4.69, 9.17) is 17.3 Å². The first-order chi connectivity index (χ1) is 13.8. The molecule has 0 aliphatic heterocycles. The molecular weight excluding hydrogens is 450 g/mol. The van der Waals surface area contributed by atoms with E-state index in [-0.39, 0.29) is 6.04 Å². The number of aryl methyl sites for hydroxylation is 2. The molecule has 0 fully saturated rings. The number of aromatic nitrogens is 7. The maximum atomic E-state index is 5.57. The van der Waals surface area contributed by atoms with Crippen molar-refractivity contribution >= 4 is 28.1 Å². The van der Waals surface area contributed by atoms with Crippen molar-refractivity contribution < 1.29 is 0 Å². The lowest BCUT2D eigenvalue weighted by atomic mass is 10.1. The van der Waals surface area contributed by atoms with E-state index in [1.165, 1.54) is 11.1 Å². The van der Waals surface area contributed by atoms with E-state index >= 15 is 0 Å². The van der Waals surface area contributed by atoms with Gasteiger partial charge in [-0.1, -0.05) is 29.8 Å². The summed E-state index contributed by atoms with van der Waals surface area (Å²) >= 11 is 9.02. The second-order valence-electron chi connectivity index (χ2n) is 7.20. The van der Waals surface area contributed by atoms with Crippen molar-refractivity contribution in [3.05, 3.63) is 74.2 Å². The molecule has 0 saturated carbocycles. The predicted molar refractivity (Wildman–Crippen MR) is 118 cm³/mol. The number of nitrogens with one attached hydrogen (secondary N) is 1. The average Bonchev–Trinajstić information content (AvgIpc) is 3.35. The minimum atomic E-state index is -0.103. The quantitative estimate of drug-likeness (QED) is 0.429. The van der Waals surface area contributed by atoms with Gasteiger partial charge in [0.2, 0.25) is 0 Å². The molecule has 4 aromatic rings. The van der Waals surface area contributed by atoms with Crippen LogP contribution in [0.3, 0.4) is 0 Å². The predicted octanol–water partition coefficient (Wildman–Crippen LogP) is 4.67. The maximum absolute atomic E-state index is 5.57. The molecule has 0 aliphatic carbocycles. The van der Waals surface area contributed by atoms with E-state index in [0.29, 0.717) is 11.3 Å². The smallest absolute Gasteiger partial charge is 0.200 e. The largest absolute Gasteiger partial charge is 0.267 e. The lowest BCUT2D eigenvalue weighted by Crippen LogP contribution is -2.14. The number of aromatic amines is 1. The highest BCUT2D eigenvalue weighted by atomic mass is 79.9. The van der Waals surface area contributed by atoms with Crippen LogP contribution in [-0.4, -0.2) is 34.3 Å². The number of H-pyrrole nitrogens is 1. The van der Waals surface area contributed by atoms with Crippen LogP contribution in [0.1, 0.15) is 41.3 Å². The number of nitrogens with zero attached hydrogens (tertiary/aromatic N) is 6. The highest BCUT2D eigenvalue weighted by Gasteiger charge is 2.23. The van der Waals surface area contributed by atoms with Gasteiger partial charge in [-0.15, -0.1) is 0 Å². The third-order valence-corrected chi connectivity index (χ3v) is 5.74. The van der Waals surface area contributed by atoms with Gasteiger partial charge in [0, 0.05) is 6.20 Å². The summed E-state index contributed by atoms with van der Waals surface area (Å²) in [6, 6.07) is 8.41. The van der Waals surface area contributed by atoms with Gasteiger partial charge in [-0.05, 0) is 61.4 Å². The van der Waals surface area contributed by atoms with Crippen molar-refractivity contribution in [2.24, 2.45) is 0 Å². The fraction of sp³-hybridized carbons (Fsp3) is 0.300. The molecule has 3 heterocycles. The van der Waals surface area contributed by atoms with Crippen LogP contribution in [0, 0.1) is 25.5 Å². The summed E-state index contributed by atoms with van der Waals surface area (Å²) in [4.78, 5) is 0. The molecule has 0 saturated heterocycles. The van der Waals surface area contributed by atoms with E-state index in [2.05, 4.69) is 69.3 Å². The lowest BCUT2D eigenvalue weighted by molar-refractivity contribution is 0.527. The Kier molecular flexibility index (Phi) is 5.26. The topological polar surface area (TPSA) is 69.2 Å². The molecule has 9 heteroatoms. The van der Waals surface area contributed by atoms with E-state index in [0.717, 1.165) is 27.4 Å². The summed E-state index contributed by atoms with van der Waals surface area (Å²) in [6.07, 6.45) is 3.69. The molecule has 29 heavy (non-hydrogen) atoms. The van der Waals surface area contributed by atoms with Crippen LogP contribution in [0.5, 0.6) is 0 Å². The molecule has 1 N–H and O–H groups in total. The average molecular weight is 472 g/mol. The fourth-order valence-corrected chi connectivity index (χ4v) is 4.01. The third kappa shape index (κ3) is 3.72. The molecule has 4 rings (SSSR count). The Labute approximate surface area is 182 Å². The van der Waals surface area contributed by atoms with Gasteiger partial charge in [0.25, 0.3) is 0 Å². The second-order valence-corrected chi connectivity index (χ2v) is 8.50. The van der Waals surface area contributed by atoms with Gasteiger partial charge in [-0.25, -0.2) is 0 Å². The van der Waals surface area contributed by atoms with Gasteiger partial charge in [-0.3, -0.25) is 19.0 Å². The van der Waals surface area contributed by atoms with Crippen LogP contribution in [0.15, 0.2) is 41.1 Å². The van der Waals surface area contributed by atoms with Gasteiger partial charge in [0.05, 0.1) is 34.3 Å². The highest BCUT2D eigenvalue weighted by molar-refractivity contribution is 9.10. The fourth-order valence-electron chi connectivity index (χ4n) is 3.48. The zero-order valence-corrected chi connectivity index (χ0v) is 19.1. The second kappa shape index (κ2) is 7.72. The zero-order valence-electron chi connectivity index (χ0n) is 16.7. The molecule has 1 unspecified atom stereocenters. The van der Waals surface area contributed by atoms with Crippen molar-refractivity contribution in [1.82, 2.24) is 34.3 Å². The molecule has 3 aromatic heterocycles. The number of halogens is 1. The molecule has 0 spiro atoms. The van der Waals surface area contributed by atoms with Gasteiger partial charge in [0.1, 0.15) is 6.04 Å². The molecular formula is C20H22BrN7S. The molecule has 0 aliphatic rings. The first-order valence-electron chi connectivity index (χ1n) is 9.32. The summed E-state index contributed by atoms with van der Waals surface area (Å²) in [5.41, 5.74) is 5.36. The molecule has 0 bridgehead atoms. The molecule has 0 radical (unpaired) electrons. The Morgan fingerprint density at radius 3 is 2.55 bits per heavy atom. The van der Waals surface area contributed by atoms with E-state index < -0.39 is 0 Å². The zero-order chi connectivity index (χ0) is 20.7. The maximum Gasteiger partial charge on any atom is 0.200 e. The van der Waals surface area contributed by atoms with E-state index in [1.54, 1.807) is 6.20 Å². The summed E-state index contributed by atoms with van der Waals surface area (Å²) in [7, 11) is 0.